The molecule has 0 N–H and O–H groups in total. The van der Waals surface area contributed by atoms with E-state index < -0.39 is 4.92 Å². The number of likely N-dealkylation sites (tertiary alicyclic amines) is 1. The van der Waals surface area contributed by atoms with Crippen molar-refractivity contribution < 1.29 is 9.72 Å². The van der Waals surface area contributed by atoms with E-state index in [9.17, 15) is 14.9 Å². The molecule has 0 radical (unpaired) electrons. The van der Waals surface area contributed by atoms with Crippen LogP contribution in [0.3, 0.4) is 0 Å². The molecule has 0 aromatic carbocycles. The average molecular weight is 266 g/mol. The minimum Gasteiger partial charge on any atom is -0.340 e. The number of carbonyl (C=O) groups excluding carboxylic acids is 1. The van der Waals surface area contributed by atoms with Gasteiger partial charge in [0.2, 0.25) is 5.91 Å². The van der Waals surface area contributed by atoms with Gasteiger partial charge in [0.25, 0.3) is 0 Å². The van der Waals surface area contributed by atoms with E-state index in [-0.39, 0.29) is 11.6 Å². The number of nitrogens with zero attached hydrogens (tertiary/aromatic N) is 4. The maximum atomic E-state index is 12.1. The van der Waals surface area contributed by atoms with Crippen LogP contribution in [0.1, 0.15) is 32.6 Å². The lowest BCUT2D eigenvalue weighted by Gasteiger charge is -2.33. The Kier molecular flexibility index (Phi) is 4.13. The molecule has 0 spiro atoms. The number of rotatable bonds is 4. The fourth-order valence-electron chi connectivity index (χ4n) is 2.39. The molecule has 1 saturated heterocycles. The van der Waals surface area contributed by atoms with Crippen LogP contribution in [-0.4, -0.2) is 38.1 Å². The summed E-state index contributed by atoms with van der Waals surface area (Å²) in [5.74, 6) is 0.102. The van der Waals surface area contributed by atoms with Gasteiger partial charge in [0.1, 0.15) is 12.4 Å². The van der Waals surface area contributed by atoms with Gasteiger partial charge in [-0.1, -0.05) is 0 Å². The van der Waals surface area contributed by atoms with Gasteiger partial charge >= 0.3 is 5.69 Å². The Morgan fingerprint density at radius 2 is 2.37 bits per heavy atom. The van der Waals surface area contributed by atoms with Crippen molar-refractivity contribution in [3.05, 3.63) is 22.5 Å². The van der Waals surface area contributed by atoms with E-state index in [1.807, 2.05) is 4.90 Å². The van der Waals surface area contributed by atoms with Crippen molar-refractivity contribution >= 4 is 11.6 Å². The Balaban J connectivity index is 1.87. The molecule has 1 fully saturated rings. The zero-order valence-corrected chi connectivity index (χ0v) is 11.0. The highest BCUT2D eigenvalue weighted by Gasteiger charge is 2.22. The summed E-state index contributed by atoms with van der Waals surface area (Å²) in [4.78, 5) is 24.0. The van der Waals surface area contributed by atoms with Crippen LogP contribution in [0.15, 0.2) is 12.4 Å². The summed E-state index contributed by atoms with van der Waals surface area (Å²) >= 11 is 0. The third-order valence-corrected chi connectivity index (χ3v) is 3.51. The number of hydrogen-bond donors (Lipinski definition) is 0. The highest BCUT2D eigenvalue weighted by Crippen LogP contribution is 2.17. The molecule has 104 valence electrons. The minimum absolute atomic E-state index is 0.0428. The van der Waals surface area contributed by atoms with E-state index >= 15 is 0 Å². The molecule has 1 aliphatic heterocycles. The number of amides is 1. The summed E-state index contributed by atoms with van der Waals surface area (Å²) < 4.78 is 1.45. The van der Waals surface area contributed by atoms with Crippen LogP contribution in [0, 0.1) is 10.1 Å². The zero-order chi connectivity index (χ0) is 13.8. The third kappa shape index (κ3) is 3.30. The van der Waals surface area contributed by atoms with Crippen molar-refractivity contribution in [3.63, 3.8) is 0 Å². The lowest BCUT2D eigenvalue weighted by molar-refractivity contribution is -0.385. The van der Waals surface area contributed by atoms with Gasteiger partial charge < -0.3 is 4.90 Å². The fourth-order valence-corrected chi connectivity index (χ4v) is 2.39. The van der Waals surface area contributed by atoms with Gasteiger partial charge in [-0.15, -0.1) is 0 Å². The van der Waals surface area contributed by atoms with Crippen LogP contribution in [0.4, 0.5) is 5.69 Å². The van der Waals surface area contributed by atoms with Crippen LogP contribution in [0.5, 0.6) is 0 Å². The minimum atomic E-state index is -0.488. The monoisotopic (exact) mass is 266 g/mol. The van der Waals surface area contributed by atoms with Crippen LogP contribution >= 0.6 is 0 Å². The van der Waals surface area contributed by atoms with Crippen molar-refractivity contribution in [1.82, 2.24) is 14.7 Å². The second-order valence-electron chi connectivity index (χ2n) is 4.90. The molecule has 1 atom stereocenters. The van der Waals surface area contributed by atoms with Gasteiger partial charge in [-0.25, -0.2) is 0 Å². The quantitative estimate of drug-likeness (QED) is 0.612. The van der Waals surface area contributed by atoms with Crippen LogP contribution < -0.4 is 0 Å². The molecule has 19 heavy (non-hydrogen) atoms. The molecule has 1 amide bonds. The van der Waals surface area contributed by atoms with Crippen molar-refractivity contribution in [2.45, 2.75) is 45.2 Å². The molecular formula is C12H18N4O3. The van der Waals surface area contributed by atoms with Gasteiger partial charge in [-0.3, -0.25) is 19.6 Å². The number of aromatic nitrogens is 2. The summed E-state index contributed by atoms with van der Waals surface area (Å²) in [7, 11) is 0. The number of piperidine rings is 1. The second-order valence-corrected chi connectivity index (χ2v) is 4.90. The van der Waals surface area contributed by atoms with Crippen molar-refractivity contribution in [2.75, 3.05) is 6.54 Å². The molecular weight excluding hydrogens is 248 g/mol. The SMILES string of the molecule is CC1CCCCN1C(=O)CCn1cc([N+](=O)[O-])cn1. The first-order valence-corrected chi connectivity index (χ1v) is 6.54. The van der Waals surface area contributed by atoms with Crippen LogP contribution in [0.25, 0.3) is 0 Å². The smallest absolute Gasteiger partial charge is 0.306 e. The topological polar surface area (TPSA) is 81.3 Å². The van der Waals surface area contributed by atoms with E-state index in [1.54, 1.807) is 0 Å². The molecule has 1 aromatic heterocycles. The van der Waals surface area contributed by atoms with Crippen molar-refractivity contribution in [3.8, 4) is 0 Å². The number of carbonyl (C=O) groups is 1. The summed E-state index contributed by atoms with van der Waals surface area (Å²) in [6, 6.07) is 0.299. The molecule has 0 aliphatic carbocycles. The maximum absolute atomic E-state index is 12.1. The number of aryl methyl sites for hydroxylation is 1. The van der Waals surface area contributed by atoms with Gasteiger partial charge in [0.05, 0.1) is 4.92 Å². The largest absolute Gasteiger partial charge is 0.340 e. The van der Waals surface area contributed by atoms with Crippen LogP contribution in [0.2, 0.25) is 0 Å². The third-order valence-electron chi connectivity index (χ3n) is 3.51. The standard InChI is InChI=1S/C12H18N4O3/c1-10-4-2-3-6-15(10)12(17)5-7-14-9-11(8-13-14)16(18)19/h8-10H,2-7H2,1H3. The molecule has 2 rings (SSSR count). The Morgan fingerprint density at radius 3 is 3.00 bits per heavy atom. The predicted octanol–water partition coefficient (Wildman–Crippen LogP) is 1.58. The fraction of sp³-hybridized carbons (Fsp3) is 0.667. The maximum Gasteiger partial charge on any atom is 0.306 e. The highest BCUT2D eigenvalue weighted by molar-refractivity contribution is 5.76. The Labute approximate surface area is 111 Å². The van der Waals surface area contributed by atoms with Crippen molar-refractivity contribution in [1.29, 1.82) is 0 Å². The van der Waals surface area contributed by atoms with E-state index in [0.29, 0.717) is 19.0 Å². The van der Waals surface area contributed by atoms with E-state index in [2.05, 4.69) is 12.0 Å². The lowest BCUT2D eigenvalue weighted by atomic mass is 10.0. The Hall–Kier alpha value is -1.92. The van der Waals surface area contributed by atoms with Gasteiger partial charge in [0, 0.05) is 25.6 Å². The molecule has 7 nitrogen and oxygen atoms in total. The Morgan fingerprint density at radius 1 is 1.58 bits per heavy atom. The summed E-state index contributed by atoms with van der Waals surface area (Å²) in [6.45, 7) is 3.27. The summed E-state index contributed by atoms with van der Waals surface area (Å²) in [6.07, 6.45) is 6.18. The highest BCUT2D eigenvalue weighted by atomic mass is 16.6. The first kappa shape index (κ1) is 13.5. The van der Waals surface area contributed by atoms with Gasteiger partial charge in [-0.05, 0) is 26.2 Å². The summed E-state index contributed by atoms with van der Waals surface area (Å²) in [5, 5.41) is 14.4. The predicted molar refractivity (Wildman–Crippen MR) is 68.5 cm³/mol. The normalized spacial score (nSPS) is 19.4. The van der Waals surface area contributed by atoms with E-state index in [4.69, 9.17) is 0 Å². The summed E-state index contributed by atoms with van der Waals surface area (Å²) in [5.41, 5.74) is -0.0428. The Bertz CT molecular complexity index is 471. The first-order chi connectivity index (χ1) is 9.08. The molecule has 1 unspecified atom stereocenters. The lowest BCUT2D eigenvalue weighted by Crippen LogP contribution is -2.42. The van der Waals surface area contributed by atoms with Gasteiger partial charge in [0.15, 0.2) is 0 Å². The van der Waals surface area contributed by atoms with Gasteiger partial charge in [-0.2, -0.15) is 5.10 Å². The molecule has 7 heteroatoms. The van der Waals surface area contributed by atoms with Crippen LogP contribution in [-0.2, 0) is 11.3 Å². The molecule has 1 aromatic rings. The van der Waals surface area contributed by atoms with E-state index in [1.165, 1.54) is 23.5 Å². The van der Waals surface area contributed by atoms with E-state index in [0.717, 1.165) is 19.4 Å². The van der Waals surface area contributed by atoms with Crippen molar-refractivity contribution in [2.24, 2.45) is 0 Å². The average Bonchev–Trinajstić information content (AvgIpc) is 2.85. The first-order valence-electron chi connectivity index (χ1n) is 6.54. The second kappa shape index (κ2) is 5.81. The zero-order valence-electron chi connectivity index (χ0n) is 11.0. The molecule has 2 heterocycles. The number of hydrogen-bond acceptors (Lipinski definition) is 4. The molecule has 0 saturated carbocycles. The number of nitro groups is 1. The molecule has 1 aliphatic rings. The molecule has 0 bridgehead atoms.